The zero-order chi connectivity index (χ0) is 18.5. The lowest BCUT2D eigenvalue weighted by molar-refractivity contribution is 1.08. The maximum absolute atomic E-state index is 3.60. The van der Waals surface area contributed by atoms with E-state index < -0.39 is 0 Å². The average molecular weight is 345 g/mol. The van der Waals surface area contributed by atoms with Crippen molar-refractivity contribution in [3.63, 3.8) is 0 Å². The van der Waals surface area contributed by atoms with Gasteiger partial charge in [0.05, 0.1) is 0 Å². The van der Waals surface area contributed by atoms with Gasteiger partial charge in [0.2, 0.25) is 0 Å². The molecule has 134 valence electrons. The van der Waals surface area contributed by atoms with Gasteiger partial charge < -0.3 is 10.6 Å². The third kappa shape index (κ3) is 4.26. The highest BCUT2D eigenvalue weighted by molar-refractivity contribution is 5.58. The van der Waals surface area contributed by atoms with E-state index in [1.54, 1.807) is 0 Å². The zero-order valence-corrected chi connectivity index (χ0v) is 16.2. The number of para-hydroxylation sites is 2. The number of hydrogen-bond acceptors (Lipinski definition) is 2. The molecule has 3 aromatic carbocycles. The molecule has 0 bridgehead atoms. The van der Waals surface area contributed by atoms with Crippen LogP contribution in [0, 0.1) is 27.7 Å². The summed E-state index contributed by atoms with van der Waals surface area (Å²) in [7, 11) is 0. The van der Waals surface area contributed by atoms with Crippen molar-refractivity contribution in [2.75, 3.05) is 10.6 Å². The molecular weight excluding hydrogens is 316 g/mol. The molecule has 0 aliphatic heterocycles. The molecule has 0 radical (unpaired) electrons. The third-order valence-electron chi connectivity index (χ3n) is 4.89. The van der Waals surface area contributed by atoms with Gasteiger partial charge in [0.1, 0.15) is 0 Å². The minimum Gasteiger partial charge on any atom is -0.381 e. The van der Waals surface area contributed by atoms with Crippen molar-refractivity contribution >= 4 is 11.4 Å². The average Bonchev–Trinajstić information content (AvgIpc) is 2.61. The van der Waals surface area contributed by atoms with Crippen molar-refractivity contribution < 1.29 is 0 Å². The molecule has 0 aromatic heterocycles. The van der Waals surface area contributed by atoms with Crippen molar-refractivity contribution in [3.8, 4) is 0 Å². The SMILES string of the molecule is Cc1cccc(C)c1NCc1cccc(CNc2c(C)cccc2C)c1. The van der Waals surface area contributed by atoms with E-state index >= 15 is 0 Å². The lowest BCUT2D eigenvalue weighted by atomic mass is 10.1. The number of nitrogens with one attached hydrogen (secondary N) is 2. The van der Waals surface area contributed by atoms with Crippen LogP contribution >= 0.6 is 0 Å². The number of rotatable bonds is 6. The van der Waals surface area contributed by atoms with Gasteiger partial charge in [0, 0.05) is 24.5 Å². The smallest absolute Gasteiger partial charge is 0.0402 e. The predicted octanol–water partition coefficient (Wildman–Crippen LogP) is 6.14. The highest BCUT2D eigenvalue weighted by atomic mass is 14.9. The van der Waals surface area contributed by atoms with Crippen molar-refractivity contribution in [2.45, 2.75) is 40.8 Å². The summed E-state index contributed by atoms with van der Waals surface area (Å²) in [6, 6.07) is 21.6. The van der Waals surface area contributed by atoms with Gasteiger partial charge in [-0.05, 0) is 61.1 Å². The molecule has 0 atom stereocenters. The minimum atomic E-state index is 0.836. The molecule has 0 spiro atoms. The first-order chi connectivity index (χ1) is 12.5. The molecule has 3 aromatic rings. The first kappa shape index (κ1) is 18.1. The number of anilines is 2. The van der Waals surface area contributed by atoms with E-state index in [2.05, 4.69) is 99.0 Å². The van der Waals surface area contributed by atoms with Crippen LogP contribution in [0.5, 0.6) is 0 Å². The van der Waals surface area contributed by atoms with Crippen LogP contribution in [0.1, 0.15) is 33.4 Å². The molecule has 0 unspecified atom stereocenters. The van der Waals surface area contributed by atoms with Crippen LogP contribution in [0.15, 0.2) is 60.7 Å². The monoisotopic (exact) mass is 344 g/mol. The number of aryl methyl sites for hydroxylation is 4. The van der Waals surface area contributed by atoms with Gasteiger partial charge in [-0.1, -0.05) is 60.7 Å². The van der Waals surface area contributed by atoms with Crippen LogP contribution in [0.3, 0.4) is 0 Å². The predicted molar refractivity (Wildman–Crippen MR) is 113 cm³/mol. The van der Waals surface area contributed by atoms with Crippen molar-refractivity contribution in [1.29, 1.82) is 0 Å². The Bertz CT molecular complexity index is 785. The van der Waals surface area contributed by atoms with Crippen molar-refractivity contribution in [2.24, 2.45) is 0 Å². The van der Waals surface area contributed by atoms with E-state index in [4.69, 9.17) is 0 Å². The quantitative estimate of drug-likeness (QED) is 0.561. The van der Waals surface area contributed by atoms with Gasteiger partial charge in [-0.2, -0.15) is 0 Å². The number of hydrogen-bond donors (Lipinski definition) is 2. The molecule has 0 heterocycles. The Balaban J connectivity index is 1.67. The first-order valence-corrected chi connectivity index (χ1v) is 9.22. The Hall–Kier alpha value is -2.74. The molecular formula is C24H28N2. The van der Waals surface area contributed by atoms with Crippen LogP contribution in [0.25, 0.3) is 0 Å². The zero-order valence-electron chi connectivity index (χ0n) is 16.2. The van der Waals surface area contributed by atoms with Gasteiger partial charge >= 0.3 is 0 Å². The van der Waals surface area contributed by atoms with E-state index in [0.29, 0.717) is 0 Å². The van der Waals surface area contributed by atoms with Crippen LogP contribution in [-0.2, 0) is 13.1 Å². The second-order valence-electron chi connectivity index (χ2n) is 7.06. The summed E-state index contributed by atoms with van der Waals surface area (Å²) in [6.07, 6.45) is 0. The van der Waals surface area contributed by atoms with E-state index in [1.165, 1.54) is 44.8 Å². The molecule has 0 aliphatic rings. The van der Waals surface area contributed by atoms with E-state index in [9.17, 15) is 0 Å². The van der Waals surface area contributed by atoms with Gasteiger partial charge in [-0.25, -0.2) is 0 Å². The molecule has 26 heavy (non-hydrogen) atoms. The molecule has 0 saturated heterocycles. The Labute approximate surface area is 157 Å². The summed E-state index contributed by atoms with van der Waals surface area (Å²) in [4.78, 5) is 0. The van der Waals surface area contributed by atoms with Crippen molar-refractivity contribution in [3.05, 3.63) is 94.0 Å². The highest BCUT2D eigenvalue weighted by Gasteiger charge is 2.04. The normalized spacial score (nSPS) is 10.6. The van der Waals surface area contributed by atoms with E-state index in [1.807, 2.05) is 0 Å². The van der Waals surface area contributed by atoms with Crippen LogP contribution in [0.2, 0.25) is 0 Å². The minimum absolute atomic E-state index is 0.836. The second kappa shape index (κ2) is 8.09. The van der Waals surface area contributed by atoms with Gasteiger partial charge in [0.25, 0.3) is 0 Å². The standard InChI is InChI=1S/C24H28N2/c1-17-8-5-9-18(2)23(17)25-15-21-12-7-13-22(14-21)16-26-24-19(3)10-6-11-20(24)4/h5-14,25-26H,15-16H2,1-4H3. The molecule has 0 amide bonds. The molecule has 2 nitrogen and oxygen atoms in total. The van der Waals surface area contributed by atoms with Crippen LogP contribution < -0.4 is 10.6 Å². The molecule has 2 N–H and O–H groups in total. The Morgan fingerprint density at radius 2 is 0.885 bits per heavy atom. The van der Waals surface area contributed by atoms with Gasteiger partial charge in [0.15, 0.2) is 0 Å². The fourth-order valence-electron chi connectivity index (χ4n) is 3.42. The molecule has 2 heteroatoms. The highest BCUT2D eigenvalue weighted by Crippen LogP contribution is 2.22. The summed E-state index contributed by atoms with van der Waals surface area (Å²) in [5.41, 5.74) is 10.2. The lowest BCUT2D eigenvalue weighted by Gasteiger charge is -2.15. The largest absolute Gasteiger partial charge is 0.381 e. The lowest BCUT2D eigenvalue weighted by Crippen LogP contribution is -2.05. The summed E-state index contributed by atoms with van der Waals surface area (Å²) >= 11 is 0. The molecule has 0 aliphatic carbocycles. The topological polar surface area (TPSA) is 24.1 Å². The second-order valence-corrected chi connectivity index (χ2v) is 7.06. The Morgan fingerprint density at radius 1 is 0.538 bits per heavy atom. The van der Waals surface area contributed by atoms with Crippen LogP contribution in [0.4, 0.5) is 11.4 Å². The third-order valence-corrected chi connectivity index (χ3v) is 4.89. The Morgan fingerprint density at radius 3 is 1.27 bits per heavy atom. The fourth-order valence-corrected chi connectivity index (χ4v) is 3.42. The van der Waals surface area contributed by atoms with Gasteiger partial charge in [-0.15, -0.1) is 0 Å². The summed E-state index contributed by atoms with van der Waals surface area (Å²) in [5.74, 6) is 0. The first-order valence-electron chi connectivity index (χ1n) is 9.22. The molecule has 0 saturated carbocycles. The molecule has 3 rings (SSSR count). The number of benzene rings is 3. The Kier molecular flexibility index (Phi) is 5.62. The maximum Gasteiger partial charge on any atom is 0.0402 e. The summed E-state index contributed by atoms with van der Waals surface area (Å²) < 4.78 is 0. The van der Waals surface area contributed by atoms with E-state index in [-0.39, 0.29) is 0 Å². The van der Waals surface area contributed by atoms with E-state index in [0.717, 1.165) is 13.1 Å². The molecule has 0 fully saturated rings. The fraction of sp³-hybridized carbons (Fsp3) is 0.250. The maximum atomic E-state index is 3.60. The summed E-state index contributed by atoms with van der Waals surface area (Å²) in [6.45, 7) is 10.3. The van der Waals surface area contributed by atoms with Crippen LogP contribution in [-0.4, -0.2) is 0 Å². The summed E-state index contributed by atoms with van der Waals surface area (Å²) in [5, 5.41) is 7.19. The van der Waals surface area contributed by atoms with Gasteiger partial charge in [-0.3, -0.25) is 0 Å². The van der Waals surface area contributed by atoms with Crippen molar-refractivity contribution in [1.82, 2.24) is 0 Å².